The normalized spacial score (nSPS) is 21.3. The Balaban J connectivity index is 1.46. The van der Waals surface area contributed by atoms with E-state index in [1.165, 1.54) is 4.90 Å². The summed E-state index contributed by atoms with van der Waals surface area (Å²) in [7, 11) is 0. The monoisotopic (exact) mass is 346 g/mol. The molecule has 0 aromatic heterocycles. The van der Waals surface area contributed by atoms with Gasteiger partial charge in [0.2, 0.25) is 5.91 Å². The molecule has 0 unspecified atom stereocenters. The van der Waals surface area contributed by atoms with E-state index < -0.39 is 6.09 Å². The fourth-order valence-corrected chi connectivity index (χ4v) is 3.42. The van der Waals surface area contributed by atoms with Gasteiger partial charge in [0, 0.05) is 56.6 Å². The van der Waals surface area contributed by atoms with Crippen LogP contribution in [-0.4, -0.2) is 60.8 Å². The molecule has 7 heteroatoms. The van der Waals surface area contributed by atoms with Crippen LogP contribution in [0.5, 0.6) is 0 Å². The maximum atomic E-state index is 12.0. The molecule has 1 aromatic carbocycles. The van der Waals surface area contributed by atoms with Crippen molar-refractivity contribution in [3.05, 3.63) is 24.3 Å². The third-order valence-electron chi connectivity index (χ3n) is 4.85. The predicted molar refractivity (Wildman–Crippen MR) is 97.1 cm³/mol. The second-order valence-corrected chi connectivity index (χ2v) is 6.64. The fourth-order valence-electron chi connectivity index (χ4n) is 3.42. The highest BCUT2D eigenvalue weighted by atomic mass is 16.4. The second-order valence-electron chi connectivity index (χ2n) is 6.64. The summed E-state index contributed by atoms with van der Waals surface area (Å²) in [6, 6.07) is 8.14. The number of hydrogen-bond acceptors (Lipinski definition) is 4. The Kier molecular flexibility index (Phi) is 5.75. The molecule has 136 valence electrons. The van der Waals surface area contributed by atoms with Crippen LogP contribution in [0.1, 0.15) is 25.7 Å². The molecular weight excluding hydrogens is 320 g/mol. The van der Waals surface area contributed by atoms with Gasteiger partial charge in [0.05, 0.1) is 0 Å². The summed E-state index contributed by atoms with van der Waals surface area (Å²) in [5.41, 5.74) is 1.97. The lowest BCUT2D eigenvalue weighted by Gasteiger charge is -2.32. The van der Waals surface area contributed by atoms with E-state index in [2.05, 4.69) is 10.6 Å². The maximum absolute atomic E-state index is 12.0. The van der Waals surface area contributed by atoms with Crippen molar-refractivity contribution in [3.8, 4) is 0 Å². The number of benzene rings is 1. The third-order valence-corrected chi connectivity index (χ3v) is 4.85. The van der Waals surface area contributed by atoms with E-state index >= 15 is 0 Å². The summed E-state index contributed by atoms with van der Waals surface area (Å²) in [6.07, 6.45) is 2.71. The number of carboxylic acid groups (broad SMARTS) is 1. The lowest BCUT2D eigenvalue weighted by molar-refractivity contribution is -0.119. The van der Waals surface area contributed by atoms with Crippen LogP contribution in [-0.2, 0) is 4.79 Å². The van der Waals surface area contributed by atoms with Crippen LogP contribution in [0, 0.1) is 0 Å². The number of piperidine rings is 1. The first kappa shape index (κ1) is 17.5. The van der Waals surface area contributed by atoms with E-state index in [1.807, 2.05) is 29.2 Å². The van der Waals surface area contributed by atoms with Gasteiger partial charge in [-0.25, -0.2) is 4.79 Å². The number of nitrogens with one attached hydrogen (secondary N) is 2. The largest absolute Gasteiger partial charge is 0.465 e. The van der Waals surface area contributed by atoms with Crippen molar-refractivity contribution in [2.75, 3.05) is 42.9 Å². The molecule has 3 N–H and O–H groups in total. The van der Waals surface area contributed by atoms with E-state index in [0.29, 0.717) is 26.1 Å². The van der Waals surface area contributed by atoms with Crippen molar-refractivity contribution in [1.29, 1.82) is 0 Å². The Morgan fingerprint density at radius 1 is 1.24 bits per heavy atom. The first-order valence-corrected chi connectivity index (χ1v) is 8.99. The molecule has 2 fully saturated rings. The van der Waals surface area contributed by atoms with Gasteiger partial charge in [0.1, 0.15) is 0 Å². The summed E-state index contributed by atoms with van der Waals surface area (Å²) >= 11 is 0. The summed E-state index contributed by atoms with van der Waals surface area (Å²) in [6.45, 7) is 3.37. The van der Waals surface area contributed by atoms with Crippen LogP contribution in [0.15, 0.2) is 24.3 Å². The summed E-state index contributed by atoms with van der Waals surface area (Å²) in [5.74, 6) is 0.207. The molecule has 2 saturated heterocycles. The SMILES string of the molecule is O=C(O)N1CCN[C@H](CCNc2ccc(N3CCCCC3=O)cc2)C1. The van der Waals surface area contributed by atoms with Crippen molar-refractivity contribution < 1.29 is 14.7 Å². The maximum Gasteiger partial charge on any atom is 0.407 e. The van der Waals surface area contributed by atoms with E-state index in [1.54, 1.807) is 0 Å². The Bertz CT molecular complexity index is 605. The van der Waals surface area contributed by atoms with Crippen molar-refractivity contribution in [2.24, 2.45) is 0 Å². The molecule has 2 amide bonds. The third kappa shape index (κ3) is 4.63. The molecule has 0 saturated carbocycles. The molecule has 25 heavy (non-hydrogen) atoms. The van der Waals surface area contributed by atoms with Gasteiger partial charge in [0.25, 0.3) is 0 Å². The lowest BCUT2D eigenvalue weighted by Crippen LogP contribution is -2.52. The van der Waals surface area contributed by atoms with Crippen LogP contribution in [0.4, 0.5) is 16.2 Å². The van der Waals surface area contributed by atoms with E-state index in [9.17, 15) is 9.59 Å². The molecule has 1 aromatic rings. The van der Waals surface area contributed by atoms with Crippen LogP contribution in [0.3, 0.4) is 0 Å². The molecule has 2 aliphatic heterocycles. The highest BCUT2D eigenvalue weighted by Gasteiger charge is 2.22. The highest BCUT2D eigenvalue weighted by molar-refractivity contribution is 5.94. The van der Waals surface area contributed by atoms with Gasteiger partial charge in [0.15, 0.2) is 0 Å². The van der Waals surface area contributed by atoms with Crippen LogP contribution in [0.25, 0.3) is 0 Å². The highest BCUT2D eigenvalue weighted by Crippen LogP contribution is 2.22. The van der Waals surface area contributed by atoms with Gasteiger partial charge in [-0.15, -0.1) is 0 Å². The smallest absolute Gasteiger partial charge is 0.407 e. The summed E-state index contributed by atoms with van der Waals surface area (Å²) in [5, 5.41) is 15.8. The van der Waals surface area contributed by atoms with E-state index in [0.717, 1.165) is 43.7 Å². The molecule has 0 bridgehead atoms. The molecule has 0 spiro atoms. The topological polar surface area (TPSA) is 84.9 Å². The average molecular weight is 346 g/mol. The van der Waals surface area contributed by atoms with Gasteiger partial charge < -0.3 is 25.5 Å². The predicted octanol–water partition coefficient (Wildman–Crippen LogP) is 1.96. The number of rotatable bonds is 5. The molecule has 0 radical (unpaired) electrons. The molecule has 3 rings (SSSR count). The van der Waals surface area contributed by atoms with Crippen LogP contribution < -0.4 is 15.5 Å². The van der Waals surface area contributed by atoms with Crippen molar-refractivity contribution in [3.63, 3.8) is 0 Å². The first-order valence-electron chi connectivity index (χ1n) is 8.99. The molecule has 1 atom stereocenters. The second kappa shape index (κ2) is 8.20. The number of piperazine rings is 1. The first-order chi connectivity index (χ1) is 12.1. The number of amides is 2. The molecule has 0 aliphatic carbocycles. The number of hydrogen-bond donors (Lipinski definition) is 3. The minimum atomic E-state index is -0.845. The van der Waals surface area contributed by atoms with Crippen LogP contribution in [0.2, 0.25) is 0 Å². The average Bonchev–Trinajstić information content (AvgIpc) is 2.63. The van der Waals surface area contributed by atoms with E-state index in [4.69, 9.17) is 5.11 Å². The minimum absolute atomic E-state index is 0.183. The standard InChI is InChI=1S/C18H26N4O3/c23-17-3-1-2-11-22(17)16-6-4-14(5-7-16)19-9-8-15-13-21(18(24)25)12-10-20-15/h4-7,15,19-20H,1-3,8-13H2,(H,24,25)/t15-/m1/s1. The Morgan fingerprint density at radius 3 is 2.76 bits per heavy atom. The van der Waals surface area contributed by atoms with Crippen molar-refractivity contribution in [2.45, 2.75) is 31.7 Å². The van der Waals surface area contributed by atoms with Gasteiger partial charge in [-0.1, -0.05) is 0 Å². The van der Waals surface area contributed by atoms with Crippen molar-refractivity contribution in [1.82, 2.24) is 10.2 Å². The molecule has 2 heterocycles. The molecular formula is C18H26N4O3. The fraction of sp³-hybridized carbons (Fsp3) is 0.556. The van der Waals surface area contributed by atoms with Gasteiger partial charge in [-0.3, -0.25) is 4.79 Å². The zero-order valence-corrected chi connectivity index (χ0v) is 14.4. The zero-order chi connectivity index (χ0) is 17.6. The van der Waals surface area contributed by atoms with E-state index in [-0.39, 0.29) is 11.9 Å². The Labute approximate surface area is 148 Å². The quantitative estimate of drug-likeness (QED) is 0.759. The lowest BCUT2D eigenvalue weighted by atomic mass is 10.1. The summed E-state index contributed by atoms with van der Waals surface area (Å²) in [4.78, 5) is 26.3. The van der Waals surface area contributed by atoms with Crippen LogP contribution >= 0.6 is 0 Å². The van der Waals surface area contributed by atoms with Gasteiger partial charge in [-0.2, -0.15) is 0 Å². The van der Waals surface area contributed by atoms with Crippen molar-refractivity contribution >= 4 is 23.4 Å². The zero-order valence-electron chi connectivity index (χ0n) is 14.4. The molecule has 2 aliphatic rings. The minimum Gasteiger partial charge on any atom is -0.465 e. The summed E-state index contributed by atoms with van der Waals surface area (Å²) < 4.78 is 0. The number of nitrogens with zero attached hydrogens (tertiary/aromatic N) is 2. The molecule has 7 nitrogen and oxygen atoms in total. The Hall–Kier alpha value is -2.28. The number of carbonyl (C=O) groups excluding carboxylic acids is 1. The number of anilines is 2. The van der Waals surface area contributed by atoms with Gasteiger partial charge in [-0.05, 0) is 43.5 Å². The van der Waals surface area contributed by atoms with Gasteiger partial charge >= 0.3 is 6.09 Å². The number of carbonyl (C=O) groups is 2. The Morgan fingerprint density at radius 2 is 2.04 bits per heavy atom.